The SMILES string of the molecule is CCCCOC(=O)c1ccc(NC(=O)COC(=O)[C@@H]2CC(=O)N(c3ccc(CC)cc3)C2)cc1. The summed E-state index contributed by atoms with van der Waals surface area (Å²) in [5.41, 5.74) is 2.76. The highest BCUT2D eigenvalue weighted by atomic mass is 16.5. The molecule has 1 aliphatic heterocycles. The standard InChI is InChI=1S/C26H30N2O6/c1-3-5-14-33-25(31)19-8-10-21(11-9-19)27-23(29)17-34-26(32)20-15-24(30)28(16-20)22-12-6-18(4-2)7-13-22/h6-13,20H,3-5,14-17H2,1-2H3,(H,27,29)/t20-/m1/s1. The zero-order valence-corrected chi connectivity index (χ0v) is 19.5. The second-order valence-electron chi connectivity index (χ2n) is 8.15. The van der Waals surface area contributed by atoms with E-state index in [1.807, 2.05) is 31.2 Å². The number of benzene rings is 2. The van der Waals surface area contributed by atoms with Gasteiger partial charge < -0.3 is 19.7 Å². The van der Waals surface area contributed by atoms with Crippen LogP contribution < -0.4 is 10.2 Å². The van der Waals surface area contributed by atoms with Crippen LogP contribution in [0.2, 0.25) is 0 Å². The molecule has 0 unspecified atom stereocenters. The van der Waals surface area contributed by atoms with Gasteiger partial charge in [-0.1, -0.05) is 32.4 Å². The second kappa shape index (κ2) is 12.0. The van der Waals surface area contributed by atoms with Crippen LogP contribution in [0.15, 0.2) is 48.5 Å². The Morgan fingerprint density at radius 3 is 2.35 bits per heavy atom. The first kappa shape index (κ1) is 25.0. The molecule has 2 amide bonds. The van der Waals surface area contributed by atoms with Gasteiger partial charge in [-0.25, -0.2) is 4.79 Å². The molecule has 0 saturated carbocycles. The number of aryl methyl sites for hydroxylation is 1. The van der Waals surface area contributed by atoms with Crippen molar-refractivity contribution in [1.82, 2.24) is 0 Å². The van der Waals surface area contributed by atoms with Crippen LogP contribution in [-0.2, 0) is 30.3 Å². The quantitative estimate of drug-likeness (QED) is 0.423. The molecule has 0 aromatic heterocycles. The molecule has 1 atom stereocenters. The average molecular weight is 467 g/mol. The summed E-state index contributed by atoms with van der Waals surface area (Å²) in [4.78, 5) is 50.5. The first-order valence-corrected chi connectivity index (χ1v) is 11.5. The Balaban J connectivity index is 1.45. The summed E-state index contributed by atoms with van der Waals surface area (Å²) in [6.45, 7) is 4.19. The van der Waals surface area contributed by atoms with Gasteiger partial charge in [0, 0.05) is 24.3 Å². The smallest absolute Gasteiger partial charge is 0.338 e. The van der Waals surface area contributed by atoms with Gasteiger partial charge in [0.2, 0.25) is 5.91 Å². The van der Waals surface area contributed by atoms with E-state index < -0.39 is 30.4 Å². The van der Waals surface area contributed by atoms with E-state index in [0.717, 1.165) is 24.9 Å². The Kier molecular flexibility index (Phi) is 8.79. The summed E-state index contributed by atoms with van der Waals surface area (Å²) in [5, 5.41) is 2.61. The number of unbranched alkanes of at least 4 members (excludes halogenated alkanes) is 1. The Labute approximate surface area is 199 Å². The molecule has 1 fully saturated rings. The Hall–Kier alpha value is -3.68. The average Bonchev–Trinajstić information content (AvgIpc) is 3.24. The lowest BCUT2D eigenvalue weighted by atomic mass is 10.1. The van der Waals surface area contributed by atoms with Gasteiger partial charge in [0.25, 0.3) is 5.91 Å². The van der Waals surface area contributed by atoms with E-state index in [2.05, 4.69) is 12.2 Å². The van der Waals surface area contributed by atoms with Crippen LogP contribution in [0.5, 0.6) is 0 Å². The maximum atomic E-state index is 12.4. The molecule has 2 aromatic rings. The van der Waals surface area contributed by atoms with E-state index >= 15 is 0 Å². The van der Waals surface area contributed by atoms with Gasteiger partial charge in [-0.2, -0.15) is 0 Å². The third-order valence-electron chi connectivity index (χ3n) is 5.60. The van der Waals surface area contributed by atoms with Gasteiger partial charge in [-0.15, -0.1) is 0 Å². The number of carbonyl (C=O) groups is 4. The van der Waals surface area contributed by atoms with Crippen molar-refractivity contribution in [2.45, 2.75) is 39.5 Å². The lowest BCUT2D eigenvalue weighted by Crippen LogP contribution is -2.28. The summed E-state index contributed by atoms with van der Waals surface area (Å²) < 4.78 is 10.3. The minimum atomic E-state index is -0.621. The maximum absolute atomic E-state index is 12.4. The number of rotatable bonds is 10. The summed E-state index contributed by atoms with van der Waals surface area (Å²) in [6, 6.07) is 13.9. The number of carbonyl (C=O) groups excluding carboxylic acids is 4. The van der Waals surface area contributed by atoms with Crippen LogP contribution in [0.25, 0.3) is 0 Å². The number of hydrogen-bond acceptors (Lipinski definition) is 6. The molecule has 0 aliphatic carbocycles. The van der Waals surface area contributed by atoms with Crippen molar-refractivity contribution in [3.05, 3.63) is 59.7 Å². The van der Waals surface area contributed by atoms with E-state index in [9.17, 15) is 19.2 Å². The molecule has 2 aromatic carbocycles. The monoisotopic (exact) mass is 466 g/mol. The predicted octanol–water partition coefficient (Wildman–Crippen LogP) is 3.74. The van der Waals surface area contributed by atoms with Crippen molar-refractivity contribution in [2.75, 3.05) is 30.0 Å². The van der Waals surface area contributed by atoms with Crippen molar-refractivity contribution in [2.24, 2.45) is 5.92 Å². The molecule has 180 valence electrons. The van der Waals surface area contributed by atoms with Crippen molar-refractivity contribution in [3.8, 4) is 0 Å². The van der Waals surface area contributed by atoms with Crippen LogP contribution >= 0.6 is 0 Å². The summed E-state index contributed by atoms with van der Waals surface area (Å²) in [6.07, 6.45) is 2.69. The minimum Gasteiger partial charge on any atom is -0.462 e. The molecule has 0 radical (unpaired) electrons. The van der Waals surface area contributed by atoms with Gasteiger partial charge in [0.05, 0.1) is 18.1 Å². The maximum Gasteiger partial charge on any atom is 0.338 e. The molecule has 0 bridgehead atoms. The molecular formula is C26H30N2O6. The molecule has 8 heteroatoms. The number of ether oxygens (including phenoxy) is 2. The number of nitrogens with one attached hydrogen (secondary N) is 1. The van der Waals surface area contributed by atoms with Crippen molar-refractivity contribution in [1.29, 1.82) is 0 Å². The van der Waals surface area contributed by atoms with Gasteiger partial charge in [0.15, 0.2) is 6.61 Å². The van der Waals surface area contributed by atoms with Crippen LogP contribution in [0, 0.1) is 5.92 Å². The predicted molar refractivity (Wildman–Crippen MR) is 128 cm³/mol. The first-order chi connectivity index (χ1) is 16.4. The first-order valence-electron chi connectivity index (χ1n) is 11.5. The minimum absolute atomic E-state index is 0.0474. The van der Waals surface area contributed by atoms with Gasteiger partial charge in [-0.3, -0.25) is 14.4 Å². The zero-order chi connectivity index (χ0) is 24.5. The highest BCUT2D eigenvalue weighted by molar-refractivity contribution is 6.00. The molecule has 1 aliphatic rings. The fourth-order valence-electron chi connectivity index (χ4n) is 3.56. The zero-order valence-electron chi connectivity index (χ0n) is 19.5. The number of amides is 2. The number of esters is 2. The van der Waals surface area contributed by atoms with Crippen molar-refractivity contribution < 1.29 is 28.7 Å². The summed E-state index contributed by atoms with van der Waals surface area (Å²) >= 11 is 0. The number of hydrogen-bond donors (Lipinski definition) is 1. The van der Waals surface area contributed by atoms with E-state index in [4.69, 9.17) is 9.47 Å². The number of anilines is 2. The Bertz CT molecular complexity index is 1020. The molecule has 1 heterocycles. The Morgan fingerprint density at radius 2 is 1.71 bits per heavy atom. The van der Waals surface area contributed by atoms with Crippen LogP contribution in [0.4, 0.5) is 11.4 Å². The second-order valence-corrected chi connectivity index (χ2v) is 8.15. The molecule has 0 spiro atoms. The van der Waals surface area contributed by atoms with Gasteiger partial charge >= 0.3 is 11.9 Å². The van der Waals surface area contributed by atoms with Crippen LogP contribution in [0.3, 0.4) is 0 Å². The van der Waals surface area contributed by atoms with E-state index in [-0.39, 0.29) is 18.9 Å². The molecule has 34 heavy (non-hydrogen) atoms. The summed E-state index contributed by atoms with van der Waals surface area (Å²) in [7, 11) is 0. The lowest BCUT2D eigenvalue weighted by Gasteiger charge is -2.17. The van der Waals surface area contributed by atoms with Crippen molar-refractivity contribution >= 4 is 35.1 Å². The van der Waals surface area contributed by atoms with Gasteiger partial charge in [0.1, 0.15) is 0 Å². The van der Waals surface area contributed by atoms with E-state index in [1.165, 1.54) is 5.56 Å². The fraction of sp³-hybridized carbons (Fsp3) is 0.385. The highest BCUT2D eigenvalue weighted by Crippen LogP contribution is 2.26. The normalized spacial score (nSPS) is 15.2. The third kappa shape index (κ3) is 6.66. The molecule has 8 nitrogen and oxygen atoms in total. The molecule has 1 saturated heterocycles. The fourth-order valence-corrected chi connectivity index (χ4v) is 3.56. The van der Waals surface area contributed by atoms with Crippen molar-refractivity contribution in [3.63, 3.8) is 0 Å². The Morgan fingerprint density at radius 1 is 1.00 bits per heavy atom. The summed E-state index contributed by atoms with van der Waals surface area (Å²) in [5.74, 6) is -2.28. The molecule has 1 N–H and O–H groups in total. The highest BCUT2D eigenvalue weighted by Gasteiger charge is 2.36. The van der Waals surface area contributed by atoms with E-state index in [0.29, 0.717) is 17.9 Å². The molecular weight excluding hydrogens is 436 g/mol. The van der Waals surface area contributed by atoms with Gasteiger partial charge in [-0.05, 0) is 54.8 Å². The largest absolute Gasteiger partial charge is 0.462 e. The third-order valence-corrected chi connectivity index (χ3v) is 5.60. The van der Waals surface area contributed by atoms with Crippen LogP contribution in [0.1, 0.15) is 49.0 Å². The number of nitrogens with zero attached hydrogens (tertiary/aromatic N) is 1. The van der Waals surface area contributed by atoms with E-state index in [1.54, 1.807) is 29.2 Å². The lowest BCUT2D eigenvalue weighted by molar-refractivity contribution is -0.151. The topological polar surface area (TPSA) is 102 Å². The van der Waals surface area contributed by atoms with Crippen LogP contribution in [-0.4, -0.2) is 43.5 Å². The molecule has 3 rings (SSSR count).